The molecule has 0 aromatic carbocycles. The van der Waals surface area contributed by atoms with Crippen molar-refractivity contribution >= 4 is 23.5 Å². The van der Waals surface area contributed by atoms with Crippen LogP contribution >= 0.6 is 0 Å². The molecule has 0 unspecified atom stereocenters. The second-order valence-corrected chi connectivity index (χ2v) is 1.84. The Kier molecular flexibility index (Phi) is 4.35. The third kappa shape index (κ3) is 6.11. The lowest BCUT2D eigenvalue weighted by atomic mass is 9.95. The van der Waals surface area contributed by atoms with Gasteiger partial charge in [-0.3, -0.25) is 0 Å². The third-order valence-electron chi connectivity index (χ3n) is 0.678. The van der Waals surface area contributed by atoms with Crippen LogP contribution in [0.4, 0.5) is 0 Å². The first-order valence-corrected chi connectivity index (χ1v) is 2.62. The largest absolute Gasteiger partial charge is 0.428 e. The minimum atomic E-state index is 0.983. The first-order chi connectivity index (χ1) is 3.27. The molecule has 0 saturated carbocycles. The van der Waals surface area contributed by atoms with Gasteiger partial charge in [-0.25, -0.2) is 0 Å². The highest BCUT2D eigenvalue weighted by atomic mass is 14.9. The van der Waals surface area contributed by atoms with E-state index in [9.17, 15) is 0 Å². The van der Waals surface area contributed by atoms with Gasteiger partial charge in [-0.1, -0.05) is 6.92 Å². The van der Waals surface area contributed by atoms with Crippen molar-refractivity contribution < 1.29 is 0 Å². The van der Waals surface area contributed by atoms with E-state index in [2.05, 4.69) is 16.8 Å². The van der Waals surface area contributed by atoms with Gasteiger partial charge < -0.3 is 9.86 Å². The summed E-state index contributed by atoms with van der Waals surface area (Å²) in [5, 5.41) is 3.17. The van der Waals surface area contributed by atoms with Gasteiger partial charge in [-0.05, 0) is 6.54 Å². The lowest BCUT2D eigenvalue weighted by Gasteiger charge is -2.05. The predicted molar refractivity (Wildman–Crippen MR) is 39.8 cm³/mol. The van der Waals surface area contributed by atoms with Crippen molar-refractivity contribution in [3.05, 3.63) is 0 Å². The molecule has 0 heterocycles. The van der Waals surface area contributed by atoms with Gasteiger partial charge in [0, 0.05) is 0 Å². The van der Waals surface area contributed by atoms with Crippen molar-refractivity contribution in [1.29, 1.82) is 0 Å². The van der Waals surface area contributed by atoms with Gasteiger partial charge in [0.1, 0.15) is 0 Å². The Morgan fingerprint density at radius 1 is 1.71 bits per heavy atom. The molecule has 2 nitrogen and oxygen atoms in total. The lowest BCUT2D eigenvalue weighted by molar-refractivity contribution is 0.947. The van der Waals surface area contributed by atoms with Crippen LogP contribution in [0.1, 0.15) is 6.92 Å². The monoisotopic (exact) mass is 96.1 g/mol. The normalized spacial score (nSPS) is 9.43. The van der Waals surface area contributed by atoms with Crippen LogP contribution in [0.3, 0.4) is 0 Å². The van der Waals surface area contributed by atoms with Crippen LogP contribution in [0.5, 0.6) is 0 Å². The molecule has 0 aliphatic heterocycles. The molecule has 38 valence electrons. The SMILES string of the molecule is BN(B)BNCC. The quantitative estimate of drug-likeness (QED) is 0.383. The maximum Gasteiger partial charge on any atom is 0.265 e. The fourth-order valence-corrected chi connectivity index (χ4v) is 0.335. The van der Waals surface area contributed by atoms with Crippen molar-refractivity contribution in [1.82, 2.24) is 9.86 Å². The van der Waals surface area contributed by atoms with E-state index in [1.807, 2.05) is 16.0 Å². The summed E-state index contributed by atoms with van der Waals surface area (Å²) in [7, 11) is 5.07. The maximum atomic E-state index is 3.17. The van der Waals surface area contributed by atoms with E-state index in [0.717, 1.165) is 14.1 Å². The highest BCUT2D eigenvalue weighted by Crippen LogP contribution is 1.56. The third-order valence-corrected chi connectivity index (χ3v) is 0.678. The van der Waals surface area contributed by atoms with Crippen molar-refractivity contribution in [3.63, 3.8) is 0 Å². The highest BCUT2D eigenvalue weighted by molar-refractivity contribution is 6.51. The molecule has 0 atom stereocenters. The fraction of sp³-hybridized carbons (Fsp3) is 1.00. The van der Waals surface area contributed by atoms with E-state index in [1.165, 1.54) is 0 Å². The average Bonchev–Trinajstić information content (AvgIpc) is 1.61. The Bertz CT molecular complexity index is 39.9. The molecule has 7 heavy (non-hydrogen) atoms. The van der Waals surface area contributed by atoms with Gasteiger partial charge in [0.2, 0.25) is 0 Å². The topological polar surface area (TPSA) is 15.3 Å². The first-order valence-electron chi connectivity index (χ1n) is 2.62. The Balaban J connectivity index is 2.68. The molecule has 0 radical (unpaired) electrons. The molecule has 0 aromatic rings. The molecule has 5 heteroatoms. The number of hydrogen-bond acceptors (Lipinski definition) is 2. The molecule has 0 aliphatic rings. The summed E-state index contributed by atoms with van der Waals surface area (Å²) in [4.78, 5) is 0. The van der Waals surface area contributed by atoms with E-state index >= 15 is 0 Å². The zero-order chi connectivity index (χ0) is 5.70. The van der Waals surface area contributed by atoms with E-state index < -0.39 is 0 Å². The molecule has 0 amide bonds. The second kappa shape index (κ2) is 4.28. The minimum Gasteiger partial charge on any atom is -0.428 e. The second-order valence-electron chi connectivity index (χ2n) is 1.84. The summed E-state index contributed by atoms with van der Waals surface area (Å²) in [5.41, 5.74) is 0. The van der Waals surface area contributed by atoms with E-state index in [-0.39, 0.29) is 0 Å². The number of nitrogens with zero attached hydrogens (tertiary/aromatic N) is 1. The van der Waals surface area contributed by atoms with Crippen LogP contribution in [0, 0.1) is 0 Å². The summed E-state index contributed by atoms with van der Waals surface area (Å²) < 4.78 is 2.10. The molecule has 0 fully saturated rings. The molecular weight excluding hydrogens is 84.5 g/mol. The number of nitrogens with one attached hydrogen (secondary N) is 1. The zero-order valence-electron chi connectivity index (χ0n) is 5.36. The summed E-state index contributed by atoms with van der Waals surface area (Å²) in [6.07, 6.45) is 0. The molecular formula is C2H11B3N2. The fourth-order valence-electron chi connectivity index (χ4n) is 0.335. The van der Waals surface area contributed by atoms with Crippen molar-refractivity contribution in [2.24, 2.45) is 0 Å². The standard InChI is InChI=1S/C2H11B3N2/c1-2-6-5-7(3)4/h5-6H,2-4H2,1H3. The van der Waals surface area contributed by atoms with Crippen LogP contribution in [0.25, 0.3) is 0 Å². The summed E-state index contributed by atoms with van der Waals surface area (Å²) in [6, 6.07) is 0. The first kappa shape index (κ1) is 7.11. The van der Waals surface area contributed by atoms with E-state index in [1.54, 1.807) is 0 Å². The molecule has 1 N–H and O–H groups in total. The van der Waals surface area contributed by atoms with Crippen molar-refractivity contribution in [2.75, 3.05) is 6.54 Å². The van der Waals surface area contributed by atoms with E-state index in [4.69, 9.17) is 0 Å². The molecule has 0 bridgehead atoms. The Labute approximate surface area is 47.8 Å². The van der Waals surface area contributed by atoms with Crippen LogP contribution < -0.4 is 5.23 Å². The minimum absolute atomic E-state index is 0.983. The summed E-state index contributed by atoms with van der Waals surface area (Å²) >= 11 is 0. The van der Waals surface area contributed by atoms with Gasteiger partial charge in [0.05, 0.1) is 0 Å². The zero-order valence-corrected chi connectivity index (χ0v) is 5.36. The van der Waals surface area contributed by atoms with Gasteiger partial charge in [0.15, 0.2) is 16.0 Å². The summed E-state index contributed by atoms with van der Waals surface area (Å²) in [5.74, 6) is 0. The number of rotatable bonds is 3. The van der Waals surface area contributed by atoms with Crippen LogP contribution in [0.15, 0.2) is 0 Å². The Hall–Kier alpha value is 0.115. The van der Waals surface area contributed by atoms with Crippen molar-refractivity contribution in [2.45, 2.75) is 6.92 Å². The molecule has 0 aliphatic carbocycles. The Morgan fingerprint density at radius 3 is 2.43 bits per heavy atom. The van der Waals surface area contributed by atoms with Gasteiger partial charge >= 0.3 is 0 Å². The smallest absolute Gasteiger partial charge is 0.265 e. The summed E-state index contributed by atoms with van der Waals surface area (Å²) in [6.45, 7) is 3.15. The molecule has 0 aromatic heterocycles. The predicted octanol–water partition coefficient (Wildman–Crippen LogP) is -2.74. The van der Waals surface area contributed by atoms with E-state index in [0.29, 0.717) is 0 Å². The van der Waals surface area contributed by atoms with Crippen LogP contribution in [-0.2, 0) is 0 Å². The number of hydrogen-bond donors (Lipinski definition) is 1. The molecule has 0 rings (SSSR count). The molecule has 0 saturated heterocycles. The van der Waals surface area contributed by atoms with Crippen LogP contribution in [0.2, 0.25) is 0 Å². The van der Waals surface area contributed by atoms with Crippen molar-refractivity contribution in [3.8, 4) is 0 Å². The van der Waals surface area contributed by atoms with Gasteiger partial charge in [0.25, 0.3) is 7.55 Å². The lowest BCUT2D eigenvalue weighted by Crippen LogP contribution is -2.34. The Morgan fingerprint density at radius 2 is 2.29 bits per heavy atom. The average molecular weight is 95.6 g/mol. The van der Waals surface area contributed by atoms with Crippen LogP contribution in [-0.4, -0.2) is 34.7 Å². The highest BCUT2D eigenvalue weighted by Gasteiger charge is 1.86. The maximum absolute atomic E-state index is 3.17. The van der Waals surface area contributed by atoms with Gasteiger partial charge in [-0.2, -0.15) is 0 Å². The molecule has 0 spiro atoms. The van der Waals surface area contributed by atoms with Gasteiger partial charge in [-0.15, -0.1) is 0 Å².